The van der Waals surface area contributed by atoms with E-state index in [4.69, 9.17) is 5.73 Å². The Morgan fingerprint density at radius 2 is 1.75 bits per heavy atom. The lowest BCUT2D eigenvalue weighted by atomic mass is 10.1. The number of hydrogen-bond acceptors (Lipinski definition) is 4. The first-order chi connectivity index (χ1) is 13.5. The Balaban J connectivity index is 2.00. The minimum absolute atomic E-state index is 0.0115. The molecule has 3 N–H and O–H groups in total. The van der Waals surface area contributed by atoms with E-state index in [2.05, 4.69) is 21.9 Å². The van der Waals surface area contributed by atoms with Crippen LogP contribution in [-0.4, -0.2) is 25.4 Å². The predicted molar refractivity (Wildman–Crippen MR) is 108 cm³/mol. The number of nitrogens with two attached hydrogens (primary N) is 1. The number of carbonyl (C=O) groups is 1. The molecule has 0 aliphatic heterocycles. The van der Waals surface area contributed by atoms with Gasteiger partial charge in [-0.15, -0.1) is 0 Å². The van der Waals surface area contributed by atoms with Crippen LogP contribution in [-0.2, 0) is 6.42 Å². The number of rotatable bonds is 4. The lowest BCUT2D eigenvalue weighted by Crippen LogP contribution is -2.15. The van der Waals surface area contributed by atoms with Crippen molar-refractivity contribution in [3.05, 3.63) is 75.8 Å². The molecule has 0 radical (unpaired) electrons. The van der Waals surface area contributed by atoms with Crippen LogP contribution < -0.4 is 11.4 Å². The number of imidazole rings is 1. The molecule has 0 bridgehead atoms. The average molecular weight is 373 g/mol. The van der Waals surface area contributed by atoms with Gasteiger partial charge < -0.3 is 10.7 Å². The van der Waals surface area contributed by atoms with Gasteiger partial charge in [0, 0.05) is 5.56 Å². The largest absolute Gasteiger partial charge is 0.364 e. The Morgan fingerprint density at radius 3 is 2.36 bits per heavy atom. The molecule has 0 fully saturated rings. The highest BCUT2D eigenvalue weighted by molar-refractivity contribution is 6.02. The number of aromatic nitrogens is 4. The molecule has 0 saturated heterocycles. The van der Waals surface area contributed by atoms with Crippen LogP contribution in [0, 0.1) is 6.92 Å². The van der Waals surface area contributed by atoms with E-state index in [1.54, 1.807) is 0 Å². The predicted octanol–water partition coefficient (Wildman–Crippen LogP) is 2.75. The first kappa shape index (κ1) is 17.7. The second kappa shape index (κ2) is 6.77. The average Bonchev–Trinajstić information content (AvgIpc) is 3.03. The minimum atomic E-state index is -0.726. The van der Waals surface area contributed by atoms with Gasteiger partial charge in [0.25, 0.3) is 5.91 Å². The smallest absolute Gasteiger partial charge is 0.332 e. The highest BCUT2D eigenvalue weighted by atomic mass is 16.2. The Bertz CT molecular complexity index is 1240. The molecule has 2 heterocycles. The van der Waals surface area contributed by atoms with Crippen LogP contribution >= 0.6 is 0 Å². The van der Waals surface area contributed by atoms with Crippen molar-refractivity contribution in [3.63, 3.8) is 0 Å². The van der Waals surface area contributed by atoms with Gasteiger partial charge in [0.15, 0.2) is 17.2 Å². The van der Waals surface area contributed by atoms with E-state index in [0.29, 0.717) is 17.2 Å². The molecular formula is C21H19N5O2. The monoisotopic (exact) mass is 373 g/mol. The third-order valence-electron chi connectivity index (χ3n) is 4.68. The van der Waals surface area contributed by atoms with Gasteiger partial charge in [0.05, 0.1) is 5.69 Å². The number of nitrogens with one attached hydrogen (secondary N) is 1. The number of H-pyrrole nitrogens is 1. The molecule has 4 rings (SSSR count). The maximum Gasteiger partial charge on any atom is 0.332 e. The minimum Gasteiger partial charge on any atom is -0.364 e. The van der Waals surface area contributed by atoms with Gasteiger partial charge in [0.2, 0.25) is 0 Å². The number of benzene rings is 2. The second-order valence-electron chi connectivity index (χ2n) is 6.61. The molecule has 2 aromatic heterocycles. The number of fused-ring (bicyclic) bond motifs is 1. The van der Waals surface area contributed by atoms with Crippen LogP contribution in [0.25, 0.3) is 28.2 Å². The van der Waals surface area contributed by atoms with Gasteiger partial charge in [-0.1, -0.05) is 48.9 Å². The molecule has 0 atom stereocenters. The van der Waals surface area contributed by atoms with E-state index in [1.165, 1.54) is 10.1 Å². The van der Waals surface area contributed by atoms with Crippen molar-refractivity contribution in [3.8, 4) is 17.1 Å². The van der Waals surface area contributed by atoms with Gasteiger partial charge >= 0.3 is 5.69 Å². The normalized spacial score (nSPS) is 11.1. The summed E-state index contributed by atoms with van der Waals surface area (Å²) in [6, 6.07) is 15.2. The molecule has 0 spiro atoms. The zero-order valence-electron chi connectivity index (χ0n) is 15.6. The maximum absolute atomic E-state index is 12.6. The third-order valence-corrected chi connectivity index (χ3v) is 4.68. The maximum atomic E-state index is 12.6. The quantitative estimate of drug-likeness (QED) is 0.573. The molecule has 28 heavy (non-hydrogen) atoms. The summed E-state index contributed by atoms with van der Waals surface area (Å²) in [6.07, 6.45) is 0.914. The van der Waals surface area contributed by atoms with Gasteiger partial charge in [0.1, 0.15) is 5.52 Å². The summed E-state index contributed by atoms with van der Waals surface area (Å²) in [5.74, 6) is -0.389. The van der Waals surface area contributed by atoms with Crippen LogP contribution in [0.15, 0.2) is 53.3 Å². The second-order valence-corrected chi connectivity index (χ2v) is 6.61. The number of carbonyl (C=O) groups excluding carboxylic acids is 1. The molecule has 140 valence electrons. The standard InChI is InChI=1S/C21H19N5O2/c1-3-13-6-8-14(9-7-13)19-23-16(18(22)27)17-20(25-19)26(21(28)24-17)15-10-4-12(2)5-11-15/h4-11H,3H2,1-2H3,(H2,22,27)(H,24,28). The molecule has 7 heteroatoms. The number of nitrogens with zero attached hydrogens (tertiary/aromatic N) is 3. The van der Waals surface area contributed by atoms with E-state index >= 15 is 0 Å². The first-order valence-electron chi connectivity index (χ1n) is 8.97. The van der Waals surface area contributed by atoms with Crippen molar-refractivity contribution < 1.29 is 4.79 Å². The van der Waals surface area contributed by atoms with E-state index in [9.17, 15) is 9.59 Å². The summed E-state index contributed by atoms with van der Waals surface area (Å²) >= 11 is 0. The third kappa shape index (κ3) is 2.96. The van der Waals surface area contributed by atoms with Crippen LogP contribution in [0.4, 0.5) is 0 Å². The molecule has 4 aromatic rings. The fourth-order valence-corrected chi connectivity index (χ4v) is 3.12. The summed E-state index contributed by atoms with van der Waals surface area (Å²) in [5.41, 5.74) is 9.28. The number of primary amides is 1. The SMILES string of the molecule is CCc1ccc(-c2nc(C(N)=O)c3[nH]c(=O)n(-c4ccc(C)cc4)c3n2)cc1. The summed E-state index contributed by atoms with van der Waals surface area (Å²) in [5, 5.41) is 0. The summed E-state index contributed by atoms with van der Waals surface area (Å²) in [7, 11) is 0. The van der Waals surface area contributed by atoms with Gasteiger partial charge in [-0.25, -0.2) is 19.3 Å². The Labute approximate surface area is 160 Å². The van der Waals surface area contributed by atoms with E-state index in [-0.39, 0.29) is 11.2 Å². The fourth-order valence-electron chi connectivity index (χ4n) is 3.12. The lowest BCUT2D eigenvalue weighted by Gasteiger charge is -2.07. The van der Waals surface area contributed by atoms with Crippen molar-refractivity contribution in [2.45, 2.75) is 20.3 Å². The van der Waals surface area contributed by atoms with E-state index in [0.717, 1.165) is 17.5 Å². The summed E-state index contributed by atoms with van der Waals surface area (Å²) < 4.78 is 1.42. The van der Waals surface area contributed by atoms with E-state index in [1.807, 2.05) is 55.5 Å². The van der Waals surface area contributed by atoms with Crippen LogP contribution in [0.2, 0.25) is 0 Å². The Hall–Kier alpha value is -3.74. The van der Waals surface area contributed by atoms with Gasteiger partial charge in [-0.3, -0.25) is 4.79 Å². The number of amides is 1. The highest BCUT2D eigenvalue weighted by Gasteiger charge is 2.20. The number of aromatic amines is 1. The molecule has 0 aliphatic carbocycles. The summed E-state index contributed by atoms with van der Waals surface area (Å²) in [4.78, 5) is 36.2. The number of hydrogen-bond donors (Lipinski definition) is 2. The van der Waals surface area contributed by atoms with Crippen molar-refractivity contribution >= 4 is 17.1 Å². The zero-order valence-corrected chi connectivity index (χ0v) is 15.6. The molecule has 2 aromatic carbocycles. The Kier molecular flexibility index (Phi) is 4.27. The number of aryl methyl sites for hydroxylation is 2. The van der Waals surface area contributed by atoms with Crippen molar-refractivity contribution in [1.82, 2.24) is 19.5 Å². The molecule has 0 saturated carbocycles. The topological polar surface area (TPSA) is 107 Å². The molecule has 1 amide bonds. The summed E-state index contributed by atoms with van der Waals surface area (Å²) in [6.45, 7) is 4.04. The Morgan fingerprint density at radius 1 is 1.07 bits per heavy atom. The van der Waals surface area contributed by atoms with Gasteiger partial charge in [-0.05, 0) is 31.0 Å². The van der Waals surface area contributed by atoms with Gasteiger partial charge in [-0.2, -0.15) is 0 Å². The molecule has 0 unspecified atom stereocenters. The first-order valence-corrected chi connectivity index (χ1v) is 8.97. The van der Waals surface area contributed by atoms with Crippen LogP contribution in [0.1, 0.15) is 28.5 Å². The van der Waals surface area contributed by atoms with Crippen LogP contribution in [0.5, 0.6) is 0 Å². The van der Waals surface area contributed by atoms with E-state index < -0.39 is 11.6 Å². The van der Waals surface area contributed by atoms with Crippen molar-refractivity contribution in [2.24, 2.45) is 5.73 Å². The fraction of sp³-hybridized carbons (Fsp3) is 0.143. The molecular weight excluding hydrogens is 354 g/mol. The molecule has 0 aliphatic rings. The van der Waals surface area contributed by atoms with Crippen molar-refractivity contribution in [1.29, 1.82) is 0 Å². The van der Waals surface area contributed by atoms with Crippen molar-refractivity contribution in [2.75, 3.05) is 0 Å². The lowest BCUT2D eigenvalue weighted by molar-refractivity contribution is 0.0997. The molecule has 7 nitrogen and oxygen atoms in total. The highest BCUT2D eigenvalue weighted by Crippen LogP contribution is 2.22. The zero-order chi connectivity index (χ0) is 19.8. The van der Waals surface area contributed by atoms with Crippen LogP contribution in [0.3, 0.4) is 0 Å².